The van der Waals surface area contributed by atoms with Crippen LogP contribution in [0.1, 0.15) is 6.42 Å². The van der Waals surface area contributed by atoms with Gasteiger partial charge in [0.1, 0.15) is 6.61 Å². The fraction of sp³-hybridized carbons (Fsp3) is 0.417. The molecular formula is C12H15FN2O. The molecule has 0 aliphatic carbocycles. The summed E-state index contributed by atoms with van der Waals surface area (Å²) in [6.07, 6.45) is 0.363. The molecule has 0 aliphatic heterocycles. The lowest BCUT2D eigenvalue weighted by Gasteiger charge is -2.21. The van der Waals surface area contributed by atoms with E-state index in [9.17, 15) is 4.39 Å². The van der Waals surface area contributed by atoms with Crippen molar-refractivity contribution >= 4 is 0 Å². The summed E-state index contributed by atoms with van der Waals surface area (Å²) in [5.41, 5.74) is 0. The molecule has 86 valence electrons. The molecule has 0 heterocycles. The second kappa shape index (κ2) is 6.09. The van der Waals surface area contributed by atoms with Crippen LogP contribution in [0.4, 0.5) is 4.39 Å². The zero-order valence-electron chi connectivity index (χ0n) is 9.48. The van der Waals surface area contributed by atoms with Crippen LogP contribution in [0.15, 0.2) is 24.3 Å². The number of nitrogens with zero attached hydrogens (tertiary/aromatic N) is 2. The summed E-state index contributed by atoms with van der Waals surface area (Å²) < 4.78 is 18.6. The number of hydrogen-bond donors (Lipinski definition) is 0. The normalized spacial score (nSPS) is 12.2. The van der Waals surface area contributed by atoms with Crippen molar-refractivity contribution in [1.82, 2.24) is 4.90 Å². The van der Waals surface area contributed by atoms with E-state index < -0.39 is 0 Å². The Morgan fingerprint density at radius 1 is 1.44 bits per heavy atom. The van der Waals surface area contributed by atoms with Crippen LogP contribution >= 0.6 is 0 Å². The van der Waals surface area contributed by atoms with Gasteiger partial charge >= 0.3 is 0 Å². The number of rotatable bonds is 5. The highest BCUT2D eigenvalue weighted by atomic mass is 19.1. The van der Waals surface area contributed by atoms with E-state index in [1.165, 1.54) is 6.07 Å². The molecule has 0 amide bonds. The fourth-order valence-electron chi connectivity index (χ4n) is 1.24. The smallest absolute Gasteiger partial charge is 0.165 e. The molecule has 0 fully saturated rings. The summed E-state index contributed by atoms with van der Waals surface area (Å²) in [7, 11) is 3.74. The second-order valence-corrected chi connectivity index (χ2v) is 3.72. The van der Waals surface area contributed by atoms with Gasteiger partial charge in [0.05, 0.1) is 18.5 Å². The summed E-state index contributed by atoms with van der Waals surface area (Å²) in [5, 5.41) is 8.63. The lowest BCUT2D eigenvalue weighted by atomic mass is 10.2. The van der Waals surface area contributed by atoms with Gasteiger partial charge in [-0.25, -0.2) is 4.39 Å². The van der Waals surface area contributed by atoms with Gasteiger partial charge in [-0.05, 0) is 26.2 Å². The standard InChI is InChI=1S/C12H15FN2O/c1-15(2)10(7-8-14)9-16-12-6-4-3-5-11(12)13/h3-6,10H,7,9H2,1-2H3. The van der Waals surface area contributed by atoms with Gasteiger partial charge in [0.25, 0.3) is 0 Å². The van der Waals surface area contributed by atoms with Gasteiger partial charge in [-0.2, -0.15) is 5.26 Å². The van der Waals surface area contributed by atoms with E-state index in [-0.39, 0.29) is 17.6 Å². The summed E-state index contributed by atoms with van der Waals surface area (Å²) >= 11 is 0. The summed E-state index contributed by atoms with van der Waals surface area (Å²) in [6.45, 7) is 0.307. The Hall–Kier alpha value is -1.60. The maximum absolute atomic E-state index is 13.2. The quantitative estimate of drug-likeness (QED) is 0.765. The SMILES string of the molecule is CN(C)C(CC#N)COc1ccccc1F. The molecule has 0 bridgehead atoms. The minimum atomic E-state index is -0.378. The Labute approximate surface area is 95.1 Å². The molecule has 3 nitrogen and oxygen atoms in total. The molecule has 0 aliphatic rings. The lowest BCUT2D eigenvalue weighted by molar-refractivity contribution is 0.183. The molecule has 0 saturated carbocycles. The average Bonchev–Trinajstić information content (AvgIpc) is 2.26. The van der Waals surface area contributed by atoms with Crippen molar-refractivity contribution < 1.29 is 9.13 Å². The summed E-state index contributed by atoms with van der Waals surface area (Å²) in [6, 6.07) is 8.32. The molecule has 0 saturated heterocycles. The topological polar surface area (TPSA) is 36.3 Å². The maximum Gasteiger partial charge on any atom is 0.165 e. The van der Waals surface area contributed by atoms with Crippen molar-refractivity contribution in [1.29, 1.82) is 5.26 Å². The zero-order valence-corrected chi connectivity index (χ0v) is 9.48. The van der Waals surface area contributed by atoms with Crippen molar-refractivity contribution in [2.75, 3.05) is 20.7 Å². The van der Waals surface area contributed by atoms with Crippen LogP contribution in [0.2, 0.25) is 0 Å². The number of para-hydroxylation sites is 1. The molecule has 1 rings (SSSR count). The van der Waals surface area contributed by atoms with Crippen LogP contribution in [0.25, 0.3) is 0 Å². The van der Waals surface area contributed by atoms with E-state index in [2.05, 4.69) is 6.07 Å². The second-order valence-electron chi connectivity index (χ2n) is 3.72. The van der Waals surface area contributed by atoms with Gasteiger partial charge in [-0.1, -0.05) is 12.1 Å². The number of nitriles is 1. The van der Waals surface area contributed by atoms with Crippen molar-refractivity contribution in [3.05, 3.63) is 30.1 Å². The van der Waals surface area contributed by atoms with Crippen molar-refractivity contribution in [2.45, 2.75) is 12.5 Å². The monoisotopic (exact) mass is 222 g/mol. The Balaban J connectivity index is 2.56. The molecule has 0 radical (unpaired) electrons. The first-order valence-electron chi connectivity index (χ1n) is 5.06. The van der Waals surface area contributed by atoms with E-state index in [1.807, 2.05) is 19.0 Å². The lowest BCUT2D eigenvalue weighted by Crippen LogP contribution is -2.33. The number of likely N-dealkylation sites (N-methyl/N-ethyl adjacent to an activating group) is 1. The first kappa shape index (κ1) is 12.5. The van der Waals surface area contributed by atoms with Crippen molar-refractivity contribution in [2.24, 2.45) is 0 Å². The molecule has 1 aromatic carbocycles. The van der Waals surface area contributed by atoms with Crippen molar-refractivity contribution in [3.8, 4) is 11.8 Å². The first-order chi connectivity index (χ1) is 7.65. The van der Waals surface area contributed by atoms with Crippen LogP contribution < -0.4 is 4.74 Å². The minimum absolute atomic E-state index is 0.0235. The molecule has 0 N–H and O–H groups in total. The third-order valence-electron chi connectivity index (χ3n) is 2.33. The van der Waals surface area contributed by atoms with Crippen LogP contribution in [-0.2, 0) is 0 Å². The van der Waals surface area contributed by atoms with Gasteiger partial charge < -0.3 is 9.64 Å². The Bertz CT molecular complexity index is 374. The summed E-state index contributed by atoms with van der Waals surface area (Å²) in [5.74, 6) is -0.149. The highest BCUT2D eigenvalue weighted by Crippen LogP contribution is 2.16. The minimum Gasteiger partial charge on any atom is -0.489 e. The van der Waals surface area contributed by atoms with E-state index in [0.29, 0.717) is 13.0 Å². The Morgan fingerprint density at radius 3 is 2.69 bits per heavy atom. The van der Waals surface area contributed by atoms with Crippen LogP contribution in [-0.4, -0.2) is 31.6 Å². The molecule has 0 spiro atoms. The van der Waals surface area contributed by atoms with Crippen LogP contribution in [0.5, 0.6) is 5.75 Å². The number of benzene rings is 1. The largest absolute Gasteiger partial charge is 0.489 e. The molecule has 0 aromatic heterocycles. The van der Waals surface area contributed by atoms with E-state index >= 15 is 0 Å². The molecule has 1 atom stereocenters. The predicted molar refractivity (Wildman–Crippen MR) is 59.6 cm³/mol. The zero-order chi connectivity index (χ0) is 12.0. The molecular weight excluding hydrogens is 207 g/mol. The fourth-order valence-corrected chi connectivity index (χ4v) is 1.24. The number of halogens is 1. The van der Waals surface area contributed by atoms with Gasteiger partial charge in [0.2, 0.25) is 0 Å². The van der Waals surface area contributed by atoms with Crippen molar-refractivity contribution in [3.63, 3.8) is 0 Å². The maximum atomic E-state index is 13.2. The Kier molecular flexibility index (Phi) is 4.74. The van der Waals surface area contributed by atoms with E-state index in [1.54, 1.807) is 18.2 Å². The average molecular weight is 222 g/mol. The van der Waals surface area contributed by atoms with E-state index in [0.717, 1.165) is 0 Å². The van der Waals surface area contributed by atoms with Crippen LogP contribution in [0.3, 0.4) is 0 Å². The third kappa shape index (κ3) is 3.52. The molecule has 1 unspecified atom stereocenters. The van der Waals surface area contributed by atoms with E-state index in [4.69, 9.17) is 10.00 Å². The Morgan fingerprint density at radius 2 is 2.12 bits per heavy atom. The number of hydrogen-bond acceptors (Lipinski definition) is 3. The summed E-state index contributed by atoms with van der Waals surface area (Å²) in [4.78, 5) is 1.89. The number of ether oxygens (including phenoxy) is 1. The molecule has 16 heavy (non-hydrogen) atoms. The predicted octanol–water partition coefficient (Wildman–Crippen LogP) is 2.05. The first-order valence-corrected chi connectivity index (χ1v) is 5.06. The molecule has 1 aromatic rings. The van der Waals surface area contributed by atoms with Gasteiger partial charge in [-0.3, -0.25) is 0 Å². The van der Waals surface area contributed by atoms with Gasteiger partial charge in [0, 0.05) is 0 Å². The molecule has 4 heteroatoms. The van der Waals surface area contributed by atoms with Crippen LogP contribution in [0, 0.1) is 17.1 Å². The highest BCUT2D eigenvalue weighted by Gasteiger charge is 2.12. The van der Waals surface area contributed by atoms with Gasteiger partial charge in [0.15, 0.2) is 11.6 Å². The third-order valence-corrected chi connectivity index (χ3v) is 2.33. The van der Waals surface area contributed by atoms with Gasteiger partial charge in [-0.15, -0.1) is 0 Å². The highest BCUT2D eigenvalue weighted by molar-refractivity contribution is 5.23.